The minimum absolute atomic E-state index is 0.0104. The Balaban J connectivity index is 1.34. The minimum atomic E-state index is -0.258. The molecular weight excluding hydrogens is 483 g/mol. The molecule has 0 spiro atoms. The summed E-state index contributed by atoms with van der Waals surface area (Å²) in [5, 5.41) is 0. The number of carbonyl (C=O) groups excluding carboxylic acids is 1. The lowest BCUT2D eigenvalue weighted by Crippen LogP contribution is -2.48. The minimum Gasteiger partial charge on any atom is -0.333 e. The molecule has 1 heterocycles. The molecule has 0 N–H and O–H groups in total. The fourth-order valence-electron chi connectivity index (χ4n) is 6.64. The third-order valence-electron chi connectivity index (χ3n) is 8.63. The third kappa shape index (κ3) is 5.02. The molecule has 1 atom stereocenters. The van der Waals surface area contributed by atoms with Crippen LogP contribution in [0.4, 0.5) is 4.39 Å². The van der Waals surface area contributed by atoms with Crippen LogP contribution in [0.25, 0.3) is 0 Å². The number of hydrogen-bond acceptors (Lipinski definition) is 2. The van der Waals surface area contributed by atoms with E-state index in [0.29, 0.717) is 12.1 Å². The number of carbonyl (C=O) groups is 1. The molecule has 1 amide bonds. The van der Waals surface area contributed by atoms with Gasteiger partial charge < -0.3 is 4.90 Å². The quantitative estimate of drug-likeness (QED) is 0.288. The van der Waals surface area contributed by atoms with Gasteiger partial charge in [0.05, 0.1) is 12.6 Å². The lowest BCUT2D eigenvalue weighted by atomic mass is 9.84. The monoisotopic (exact) mass is 518 g/mol. The van der Waals surface area contributed by atoms with Crippen LogP contribution in [0.3, 0.4) is 0 Å². The first-order valence-electron chi connectivity index (χ1n) is 14.0. The number of fused-ring (bicyclic) bond motifs is 2. The molecule has 2 aliphatic rings. The number of benzene rings is 4. The summed E-state index contributed by atoms with van der Waals surface area (Å²) in [5.74, 6) is -0.196. The topological polar surface area (TPSA) is 23.6 Å². The van der Waals surface area contributed by atoms with Crippen LogP contribution in [0.5, 0.6) is 0 Å². The number of halogens is 1. The van der Waals surface area contributed by atoms with Crippen molar-refractivity contribution >= 4 is 5.91 Å². The SMILES string of the molecule is Cc1cccc(C)c1C1c2ccccc2CCN1CC(=O)N(Cc1ccccc1F)C1Cc2ccccc2C1. The average Bonchev–Trinajstić information content (AvgIpc) is 3.37. The highest BCUT2D eigenvalue weighted by atomic mass is 19.1. The first-order valence-corrected chi connectivity index (χ1v) is 14.0. The summed E-state index contributed by atoms with van der Waals surface area (Å²) in [6, 6.07) is 30.4. The van der Waals surface area contributed by atoms with E-state index in [1.54, 1.807) is 12.1 Å². The number of nitrogens with zero attached hydrogens (tertiary/aromatic N) is 2. The highest BCUT2D eigenvalue weighted by Crippen LogP contribution is 2.38. The summed E-state index contributed by atoms with van der Waals surface area (Å²) in [7, 11) is 0. The molecule has 0 aromatic heterocycles. The summed E-state index contributed by atoms with van der Waals surface area (Å²) in [5.41, 5.74) is 9.53. The zero-order valence-electron chi connectivity index (χ0n) is 22.7. The highest BCUT2D eigenvalue weighted by molar-refractivity contribution is 5.79. The average molecular weight is 519 g/mol. The molecule has 0 bridgehead atoms. The Bertz CT molecular complexity index is 1470. The van der Waals surface area contributed by atoms with E-state index in [1.165, 1.54) is 45.0 Å². The van der Waals surface area contributed by atoms with Gasteiger partial charge in [0.25, 0.3) is 0 Å². The first-order chi connectivity index (χ1) is 19.0. The standard InChI is InChI=1S/C35H35FN2O/c1-24-10-9-11-25(2)34(24)35-31-16-7-5-12-26(31)18-19-37(35)23-33(39)38(22-29-15-6-8-17-32(29)36)30-20-27-13-3-4-14-28(27)21-30/h3-17,30,35H,18-23H2,1-2H3. The molecule has 3 nitrogen and oxygen atoms in total. The Morgan fingerprint density at radius 1 is 0.821 bits per heavy atom. The molecule has 0 fully saturated rings. The molecule has 4 aromatic carbocycles. The zero-order valence-corrected chi connectivity index (χ0v) is 22.7. The van der Waals surface area contributed by atoms with E-state index in [0.717, 1.165) is 25.8 Å². The van der Waals surface area contributed by atoms with Gasteiger partial charge in [-0.15, -0.1) is 0 Å². The molecule has 4 aromatic rings. The van der Waals surface area contributed by atoms with Crippen LogP contribution < -0.4 is 0 Å². The van der Waals surface area contributed by atoms with Gasteiger partial charge in [-0.1, -0.05) is 84.9 Å². The van der Waals surface area contributed by atoms with Gasteiger partial charge in [-0.05, 0) is 78.1 Å². The number of aryl methyl sites for hydroxylation is 2. The predicted octanol–water partition coefficient (Wildman–Crippen LogP) is 6.59. The van der Waals surface area contributed by atoms with Gasteiger partial charge in [-0.2, -0.15) is 0 Å². The van der Waals surface area contributed by atoms with Crippen LogP contribution in [0.15, 0.2) is 91.0 Å². The molecule has 6 rings (SSSR count). The second-order valence-corrected chi connectivity index (χ2v) is 11.1. The molecule has 1 aliphatic carbocycles. The zero-order chi connectivity index (χ0) is 26.9. The van der Waals surface area contributed by atoms with Crippen LogP contribution in [-0.4, -0.2) is 34.8 Å². The van der Waals surface area contributed by atoms with E-state index in [2.05, 4.69) is 85.5 Å². The lowest BCUT2D eigenvalue weighted by Gasteiger charge is -2.40. The van der Waals surface area contributed by atoms with E-state index in [1.807, 2.05) is 11.0 Å². The summed E-state index contributed by atoms with van der Waals surface area (Å²) in [4.78, 5) is 18.6. The summed E-state index contributed by atoms with van der Waals surface area (Å²) in [6.45, 7) is 5.72. The van der Waals surface area contributed by atoms with Crippen LogP contribution in [0.2, 0.25) is 0 Å². The van der Waals surface area contributed by atoms with Crippen molar-refractivity contribution in [1.82, 2.24) is 9.80 Å². The Labute approximate surface area is 230 Å². The van der Waals surface area contributed by atoms with Gasteiger partial charge in [-0.25, -0.2) is 4.39 Å². The summed E-state index contributed by atoms with van der Waals surface area (Å²) < 4.78 is 14.8. The van der Waals surface area contributed by atoms with Gasteiger partial charge in [0, 0.05) is 24.7 Å². The maximum Gasteiger partial charge on any atom is 0.237 e. The molecule has 1 unspecified atom stereocenters. The van der Waals surface area contributed by atoms with Crippen molar-refractivity contribution in [2.45, 2.75) is 51.7 Å². The largest absolute Gasteiger partial charge is 0.333 e. The second kappa shape index (κ2) is 10.8. The maximum atomic E-state index is 14.8. The van der Waals surface area contributed by atoms with Crippen molar-refractivity contribution in [3.63, 3.8) is 0 Å². The predicted molar refractivity (Wildman–Crippen MR) is 154 cm³/mol. The molecule has 0 saturated heterocycles. The third-order valence-corrected chi connectivity index (χ3v) is 8.63. The van der Waals surface area contributed by atoms with E-state index < -0.39 is 0 Å². The second-order valence-electron chi connectivity index (χ2n) is 11.1. The van der Waals surface area contributed by atoms with Crippen molar-refractivity contribution in [2.24, 2.45) is 0 Å². The number of hydrogen-bond donors (Lipinski definition) is 0. The number of rotatable bonds is 6. The van der Waals surface area contributed by atoms with Gasteiger partial charge in [0.15, 0.2) is 0 Å². The van der Waals surface area contributed by atoms with E-state index in [4.69, 9.17) is 0 Å². The number of amides is 1. The highest BCUT2D eigenvalue weighted by Gasteiger charge is 2.35. The van der Waals surface area contributed by atoms with Crippen molar-refractivity contribution in [2.75, 3.05) is 13.1 Å². The normalized spacial score (nSPS) is 17.1. The van der Waals surface area contributed by atoms with E-state index in [9.17, 15) is 9.18 Å². The maximum absolute atomic E-state index is 14.8. The van der Waals surface area contributed by atoms with Gasteiger partial charge in [0.1, 0.15) is 5.82 Å². The first kappa shape index (κ1) is 25.5. The lowest BCUT2D eigenvalue weighted by molar-refractivity contribution is -0.136. The molecule has 0 saturated carbocycles. The molecule has 198 valence electrons. The Kier molecular flexibility index (Phi) is 7.05. The van der Waals surface area contributed by atoms with Crippen molar-refractivity contribution in [1.29, 1.82) is 0 Å². The Morgan fingerprint density at radius 3 is 2.13 bits per heavy atom. The van der Waals surface area contributed by atoms with Crippen LogP contribution in [0.1, 0.15) is 50.5 Å². The molecule has 1 aliphatic heterocycles. The van der Waals surface area contributed by atoms with Gasteiger partial charge in [-0.3, -0.25) is 9.69 Å². The smallest absolute Gasteiger partial charge is 0.237 e. The summed E-state index contributed by atoms with van der Waals surface area (Å²) >= 11 is 0. The van der Waals surface area contributed by atoms with E-state index in [-0.39, 0.29) is 30.4 Å². The van der Waals surface area contributed by atoms with Crippen LogP contribution in [0, 0.1) is 19.7 Å². The van der Waals surface area contributed by atoms with Crippen molar-refractivity contribution < 1.29 is 9.18 Å². The van der Waals surface area contributed by atoms with Crippen LogP contribution in [-0.2, 0) is 30.6 Å². The molecule has 4 heteroatoms. The van der Waals surface area contributed by atoms with Crippen LogP contribution >= 0.6 is 0 Å². The van der Waals surface area contributed by atoms with Crippen molar-refractivity contribution in [3.05, 3.63) is 141 Å². The summed E-state index contributed by atoms with van der Waals surface area (Å²) in [6.07, 6.45) is 2.52. The van der Waals surface area contributed by atoms with Gasteiger partial charge in [0.2, 0.25) is 5.91 Å². The molecule has 39 heavy (non-hydrogen) atoms. The van der Waals surface area contributed by atoms with E-state index >= 15 is 0 Å². The van der Waals surface area contributed by atoms with Crippen molar-refractivity contribution in [3.8, 4) is 0 Å². The molecule has 0 radical (unpaired) electrons. The molecular formula is C35H35FN2O. The Morgan fingerprint density at radius 2 is 1.44 bits per heavy atom. The fraction of sp³-hybridized carbons (Fsp3) is 0.286. The van der Waals surface area contributed by atoms with Gasteiger partial charge >= 0.3 is 0 Å². The fourth-order valence-corrected chi connectivity index (χ4v) is 6.64. The Hall–Kier alpha value is -3.76.